The highest BCUT2D eigenvalue weighted by atomic mass is 35.7. The summed E-state index contributed by atoms with van der Waals surface area (Å²) in [6, 6.07) is 3.72. The van der Waals surface area contributed by atoms with Gasteiger partial charge in [0.25, 0.3) is 0 Å². The Morgan fingerprint density at radius 1 is 1.36 bits per heavy atom. The van der Waals surface area contributed by atoms with E-state index in [2.05, 4.69) is 23.7 Å². The second kappa shape index (κ2) is 6.83. The molecule has 6 nitrogen and oxygen atoms in total. The normalized spacial score (nSPS) is 18.8. The minimum atomic E-state index is -3.59. The van der Waals surface area contributed by atoms with Gasteiger partial charge in [-0.2, -0.15) is 0 Å². The maximum Gasteiger partial charge on any atom is 0.232 e. The smallest absolute Gasteiger partial charge is 0.232 e. The van der Waals surface area contributed by atoms with Crippen molar-refractivity contribution in [3.63, 3.8) is 0 Å². The van der Waals surface area contributed by atoms with Crippen molar-refractivity contribution in [2.45, 2.75) is 20.3 Å². The lowest BCUT2D eigenvalue weighted by Crippen LogP contribution is -2.26. The first kappa shape index (κ1) is 17.0. The molecule has 1 fully saturated rings. The molecule has 2 heterocycles. The monoisotopic (exact) mass is 345 g/mol. The van der Waals surface area contributed by atoms with Crippen molar-refractivity contribution < 1.29 is 13.2 Å². The van der Waals surface area contributed by atoms with Crippen molar-refractivity contribution in [3.05, 3.63) is 18.3 Å². The zero-order chi connectivity index (χ0) is 16.3. The van der Waals surface area contributed by atoms with E-state index in [4.69, 9.17) is 10.7 Å². The predicted octanol–water partition coefficient (Wildman–Crippen LogP) is 1.85. The van der Waals surface area contributed by atoms with Crippen LogP contribution in [0.3, 0.4) is 0 Å². The summed E-state index contributed by atoms with van der Waals surface area (Å²) in [6.45, 7) is 6.19. The van der Waals surface area contributed by atoms with E-state index < -0.39 is 9.05 Å². The maximum absolute atomic E-state index is 12.1. The highest BCUT2D eigenvalue weighted by Gasteiger charge is 2.33. The van der Waals surface area contributed by atoms with Gasteiger partial charge in [-0.15, -0.1) is 0 Å². The van der Waals surface area contributed by atoms with Gasteiger partial charge in [0, 0.05) is 42.7 Å². The number of amides is 1. The largest absolute Gasteiger partial charge is 0.357 e. The van der Waals surface area contributed by atoms with E-state index in [1.165, 1.54) is 0 Å². The molecule has 1 unspecified atom stereocenters. The van der Waals surface area contributed by atoms with Crippen LogP contribution in [-0.4, -0.2) is 44.7 Å². The molecule has 0 aliphatic carbocycles. The molecule has 8 heteroatoms. The van der Waals surface area contributed by atoms with Crippen molar-refractivity contribution >= 4 is 37.1 Å². The highest BCUT2D eigenvalue weighted by Crippen LogP contribution is 2.27. The Morgan fingerprint density at radius 3 is 2.55 bits per heavy atom. The lowest BCUT2D eigenvalue weighted by molar-refractivity contribution is -0.117. The van der Waals surface area contributed by atoms with Crippen LogP contribution in [0.4, 0.5) is 11.5 Å². The van der Waals surface area contributed by atoms with Crippen molar-refractivity contribution in [2.24, 2.45) is 5.92 Å². The lowest BCUT2D eigenvalue weighted by Gasteiger charge is -2.21. The van der Waals surface area contributed by atoms with Gasteiger partial charge in [0.15, 0.2) is 0 Å². The number of carbonyl (C=O) groups excluding carboxylic acids is 1. The Morgan fingerprint density at radius 2 is 2.05 bits per heavy atom. The zero-order valence-electron chi connectivity index (χ0n) is 12.7. The van der Waals surface area contributed by atoms with Crippen LogP contribution in [0.5, 0.6) is 0 Å². The Bertz CT molecular complexity index is 629. The first-order chi connectivity index (χ1) is 10.3. The summed E-state index contributed by atoms with van der Waals surface area (Å²) in [5.74, 6) is 0.322. The number of hydrogen-bond donors (Lipinski definition) is 0. The van der Waals surface area contributed by atoms with Crippen molar-refractivity contribution in [1.82, 2.24) is 4.98 Å². The number of rotatable bonds is 6. The zero-order valence-corrected chi connectivity index (χ0v) is 14.3. The molecule has 122 valence electrons. The fourth-order valence-corrected chi connectivity index (χ4v) is 4.02. The average molecular weight is 346 g/mol. The summed E-state index contributed by atoms with van der Waals surface area (Å²) in [5.41, 5.74) is 0.690. The molecule has 1 aromatic heterocycles. The first-order valence-electron chi connectivity index (χ1n) is 7.27. The van der Waals surface area contributed by atoms with Gasteiger partial charge in [-0.05, 0) is 26.0 Å². The number of aromatic nitrogens is 1. The van der Waals surface area contributed by atoms with Crippen LogP contribution >= 0.6 is 10.7 Å². The molecule has 1 aliphatic heterocycles. The standard InChI is InChI=1S/C14H20ClN3O3S/c1-3-17(4-2)13-6-5-12(8-16-13)18-9-11(7-14(18)19)10-22(15,20)21/h5-6,8,11H,3-4,7,9-10H2,1-2H3. The average Bonchev–Trinajstić information content (AvgIpc) is 2.79. The molecular weight excluding hydrogens is 326 g/mol. The molecular formula is C14H20ClN3O3S. The van der Waals surface area contributed by atoms with Gasteiger partial charge in [0.1, 0.15) is 5.82 Å². The van der Waals surface area contributed by atoms with E-state index in [0.717, 1.165) is 18.9 Å². The van der Waals surface area contributed by atoms with Gasteiger partial charge in [-0.1, -0.05) is 0 Å². The van der Waals surface area contributed by atoms with Crippen LogP contribution in [0, 0.1) is 5.92 Å². The van der Waals surface area contributed by atoms with Crippen LogP contribution < -0.4 is 9.80 Å². The third-order valence-electron chi connectivity index (χ3n) is 3.77. The van der Waals surface area contributed by atoms with Gasteiger partial charge in [0.2, 0.25) is 15.0 Å². The summed E-state index contributed by atoms with van der Waals surface area (Å²) in [7, 11) is 1.68. The number of anilines is 2. The van der Waals surface area contributed by atoms with E-state index >= 15 is 0 Å². The topological polar surface area (TPSA) is 70.6 Å². The van der Waals surface area contributed by atoms with Crippen LogP contribution in [0.15, 0.2) is 18.3 Å². The minimum absolute atomic E-state index is 0.0947. The molecule has 0 radical (unpaired) electrons. The number of carbonyl (C=O) groups is 1. The molecule has 1 aromatic rings. The van der Waals surface area contributed by atoms with E-state index in [1.807, 2.05) is 12.1 Å². The molecule has 1 atom stereocenters. The Kier molecular flexibility index (Phi) is 5.28. The Balaban J connectivity index is 2.10. The number of nitrogens with zero attached hydrogens (tertiary/aromatic N) is 3. The van der Waals surface area contributed by atoms with Gasteiger partial charge in [0.05, 0.1) is 17.6 Å². The summed E-state index contributed by atoms with van der Waals surface area (Å²) >= 11 is 0. The van der Waals surface area contributed by atoms with E-state index in [-0.39, 0.29) is 24.0 Å². The molecule has 0 bridgehead atoms. The van der Waals surface area contributed by atoms with E-state index in [0.29, 0.717) is 12.2 Å². The molecule has 1 aliphatic rings. The van der Waals surface area contributed by atoms with Gasteiger partial charge in [-0.3, -0.25) is 4.79 Å². The number of hydrogen-bond acceptors (Lipinski definition) is 5. The Hall–Kier alpha value is -1.34. The summed E-state index contributed by atoms with van der Waals surface area (Å²) in [6.07, 6.45) is 1.85. The maximum atomic E-state index is 12.1. The SMILES string of the molecule is CCN(CC)c1ccc(N2CC(CS(=O)(=O)Cl)CC2=O)cn1. The lowest BCUT2D eigenvalue weighted by atomic mass is 10.1. The van der Waals surface area contributed by atoms with Gasteiger partial charge < -0.3 is 9.80 Å². The van der Waals surface area contributed by atoms with Crippen LogP contribution in [0.25, 0.3) is 0 Å². The van der Waals surface area contributed by atoms with Gasteiger partial charge >= 0.3 is 0 Å². The second-order valence-electron chi connectivity index (χ2n) is 5.33. The molecule has 1 amide bonds. The summed E-state index contributed by atoms with van der Waals surface area (Å²) in [4.78, 5) is 20.1. The molecule has 0 saturated carbocycles. The van der Waals surface area contributed by atoms with Gasteiger partial charge in [-0.25, -0.2) is 13.4 Å². The quantitative estimate of drug-likeness (QED) is 0.736. The molecule has 0 aromatic carbocycles. The number of pyridine rings is 1. The van der Waals surface area contributed by atoms with Crippen LogP contribution in [0.1, 0.15) is 20.3 Å². The molecule has 22 heavy (non-hydrogen) atoms. The van der Waals surface area contributed by atoms with Crippen molar-refractivity contribution in [1.29, 1.82) is 0 Å². The van der Waals surface area contributed by atoms with Crippen molar-refractivity contribution in [3.8, 4) is 0 Å². The van der Waals surface area contributed by atoms with E-state index in [9.17, 15) is 13.2 Å². The van der Waals surface area contributed by atoms with Crippen molar-refractivity contribution in [2.75, 3.05) is 35.2 Å². The molecule has 0 N–H and O–H groups in total. The third-order valence-corrected chi connectivity index (χ3v) is 5.02. The third kappa shape index (κ3) is 4.10. The predicted molar refractivity (Wildman–Crippen MR) is 87.9 cm³/mol. The van der Waals surface area contributed by atoms with E-state index in [1.54, 1.807) is 11.1 Å². The summed E-state index contributed by atoms with van der Waals surface area (Å²) < 4.78 is 22.3. The fraction of sp³-hybridized carbons (Fsp3) is 0.571. The minimum Gasteiger partial charge on any atom is -0.357 e. The Labute approximate surface area is 135 Å². The fourth-order valence-electron chi connectivity index (χ4n) is 2.70. The molecule has 1 saturated heterocycles. The highest BCUT2D eigenvalue weighted by molar-refractivity contribution is 8.13. The summed E-state index contributed by atoms with van der Waals surface area (Å²) in [5, 5.41) is 0. The number of halogens is 1. The van der Waals surface area contributed by atoms with Crippen LogP contribution in [-0.2, 0) is 13.8 Å². The van der Waals surface area contributed by atoms with Crippen LogP contribution in [0.2, 0.25) is 0 Å². The second-order valence-corrected chi connectivity index (χ2v) is 8.15. The first-order valence-corrected chi connectivity index (χ1v) is 9.75. The molecule has 2 rings (SSSR count). The molecule has 0 spiro atoms.